The van der Waals surface area contributed by atoms with Crippen LogP contribution in [0, 0.1) is 0 Å². The van der Waals surface area contributed by atoms with Crippen LogP contribution in [0.2, 0.25) is 5.02 Å². The van der Waals surface area contributed by atoms with Gasteiger partial charge in [-0.3, -0.25) is 4.79 Å². The zero-order valence-corrected chi connectivity index (χ0v) is 13.6. The minimum absolute atomic E-state index is 0.0105. The van der Waals surface area contributed by atoms with Crippen LogP contribution in [0.1, 0.15) is 31.0 Å². The van der Waals surface area contributed by atoms with Gasteiger partial charge in [0.2, 0.25) is 5.91 Å². The Labute approximate surface area is 136 Å². The number of ether oxygens (including phenoxy) is 1. The van der Waals surface area contributed by atoms with Crippen LogP contribution in [-0.4, -0.2) is 12.5 Å². The van der Waals surface area contributed by atoms with E-state index in [2.05, 4.69) is 5.32 Å². The highest BCUT2D eigenvalue weighted by molar-refractivity contribution is 6.30. The number of nitrogens with one attached hydrogen (secondary N) is 1. The number of hydrogen-bond donors (Lipinski definition) is 1. The third-order valence-electron chi connectivity index (χ3n) is 3.35. The fourth-order valence-corrected chi connectivity index (χ4v) is 2.31. The van der Waals surface area contributed by atoms with Crippen LogP contribution >= 0.6 is 11.6 Å². The predicted octanol–water partition coefficient (Wildman–Crippen LogP) is 4.16. The molecule has 0 bridgehead atoms. The highest BCUT2D eigenvalue weighted by Gasteiger charge is 2.10. The maximum absolute atomic E-state index is 12.1. The van der Waals surface area contributed by atoms with Crippen molar-refractivity contribution in [2.45, 2.75) is 26.3 Å². The first-order valence-corrected chi connectivity index (χ1v) is 7.73. The number of carbonyl (C=O) groups excluding carboxylic acids is 1. The molecule has 0 radical (unpaired) electrons. The molecule has 1 amide bonds. The van der Waals surface area contributed by atoms with Crippen LogP contribution in [0.15, 0.2) is 48.5 Å². The van der Waals surface area contributed by atoms with Crippen molar-refractivity contribution in [3.8, 4) is 5.75 Å². The first-order valence-electron chi connectivity index (χ1n) is 7.35. The lowest BCUT2D eigenvalue weighted by Crippen LogP contribution is -2.28. The summed E-state index contributed by atoms with van der Waals surface area (Å²) in [6, 6.07) is 15.0. The molecule has 0 spiro atoms. The van der Waals surface area contributed by atoms with Crippen LogP contribution in [0.5, 0.6) is 5.75 Å². The predicted molar refractivity (Wildman–Crippen MR) is 89.3 cm³/mol. The molecule has 0 fully saturated rings. The number of halogens is 1. The van der Waals surface area contributed by atoms with Crippen LogP contribution in [0.3, 0.4) is 0 Å². The second-order valence-electron chi connectivity index (χ2n) is 5.09. The van der Waals surface area contributed by atoms with Gasteiger partial charge in [-0.05, 0) is 49.2 Å². The van der Waals surface area contributed by atoms with Crippen molar-refractivity contribution in [3.05, 3.63) is 64.7 Å². The number of rotatable bonds is 6. The zero-order chi connectivity index (χ0) is 15.9. The maximum Gasteiger partial charge on any atom is 0.224 e. The van der Waals surface area contributed by atoms with E-state index in [-0.39, 0.29) is 11.9 Å². The van der Waals surface area contributed by atoms with Crippen LogP contribution in [-0.2, 0) is 11.2 Å². The molecule has 116 valence electrons. The SMILES string of the molecule is CCOc1ccc([C@H](C)NC(=O)Cc2ccc(Cl)cc2)cc1. The summed E-state index contributed by atoms with van der Waals surface area (Å²) >= 11 is 5.84. The summed E-state index contributed by atoms with van der Waals surface area (Å²) in [6.45, 7) is 4.57. The van der Waals surface area contributed by atoms with E-state index in [9.17, 15) is 4.79 Å². The fraction of sp³-hybridized carbons (Fsp3) is 0.278. The van der Waals surface area contributed by atoms with E-state index in [4.69, 9.17) is 16.3 Å². The van der Waals surface area contributed by atoms with Crippen LogP contribution < -0.4 is 10.1 Å². The average Bonchev–Trinajstić information content (AvgIpc) is 2.50. The second-order valence-corrected chi connectivity index (χ2v) is 5.53. The lowest BCUT2D eigenvalue weighted by molar-refractivity contribution is -0.121. The molecule has 1 N–H and O–H groups in total. The summed E-state index contributed by atoms with van der Waals surface area (Å²) < 4.78 is 5.41. The van der Waals surface area contributed by atoms with E-state index in [1.54, 1.807) is 12.1 Å². The third kappa shape index (κ3) is 4.78. The Morgan fingerprint density at radius 2 is 1.77 bits per heavy atom. The average molecular weight is 318 g/mol. The Balaban J connectivity index is 1.91. The Morgan fingerprint density at radius 1 is 1.14 bits per heavy atom. The van der Waals surface area contributed by atoms with Crippen molar-refractivity contribution in [3.63, 3.8) is 0 Å². The fourth-order valence-electron chi connectivity index (χ4n) is 2.18. The van der Waals surface area contributed by atoms with Gasteiger partial charge < -0.3 is 10.1 Å². The van der Waals surface area contributed by atoms with Crippen molar-refractivity contribution in [2.75, 3.05) is 6.61 Å². The standard InChI is InChI=1S/C18H20ClNO2/c1-3-22-17-10-6-15(7-11-17)13(2)20-18(21)12-14-4-8-16(19)9-5-14/h4-11,13H,3,12H2,1-2H3,(H,20,21)/t13-/m0/s1. The number of carbonyl (C=O) groups is 1. The normalized spacial score (nSPS) is 11.8. The van der Waals surface area contributed by atoms with Gasteiger partial charge in [0.1, 0.15) is 5.75 Å². The highest BCUT2D eigenvalue weighted by Crippen LogP contribution is 2.18. The number of hydrogen-bond acceptors (Lipinski definition) is 2. The smallest absolute Gasteiger partial charge is 0.224 e. The Hall–Kier alpha value is -2.00. The molecule has 0 aliphatic rings. The Kier molecular flexibility index (Phi) is 5.84. The molecule has 2 aromatic carbocycles. The lowest BCUT2D eigenvalue weighted by Gasteiger charge is -2.15. The molecule has 0 heterocycles. The monoisotopic (exact) mass is 317 g/mol. The van der Waals surface area contributed by atoms with E-state index in [1.165, 1.54) is 0 Å². The summed E-state index contributed by atoms with van der Waals surface area (Å²) in [5.41, 5.74) is 1.99. The topological polar surface area (TPSA) is 38.3 Å². The van der Waals surface area contributed by atoms with Gasteiger partial charge in [0.25, 0.3) is 0 Å². The van der Waals surface area contributed by atoms with Gasteiger partial charge in [0, 0.05) is 5.02 Å². The molecule has 4 heteroatoms. The summed E-state index contributed by atoms with van der Waals surface area (Å²) in [7, 11) is 0. The van der Waals surface area contributed by atoms with Gasteiger partial charge in [-0.25, -0.2) is 0 Å². The third-order valence-corrected chi connectivity index (χ3v) is 3.60. The van der Waals surface area contributed by atoms with Crippen molar-refractivity contribution in [1.82, 2.24) is 5.32 Å². The molecule has 1 atom stereocenters. The van der Waals surface area contributed by atoms with Gasteiger partial charge in [-0.1, -0.05) is 35.9 Å². The summed E-state index contributed by atoms with van der Waals surface area (Å²) in [5, 5.41) is 3.67. The molecule has 0 saturated heterocycles. The van der Waals surface area contributed by atoms with Crippen LogP contribution in [0.4, 0.5) is 0 Å². The van der Waals surface area contributed by atoms with Crippen molar-refractivity contribution in [1.29, 1.82) is 0 Å². The molecule has 2 rings (SSSR count). The Bertz CT molecular complexity index is 608. The second kappa shape index (κ2) is 7.85. The molecule has 0 aliphatic heterocycles. The summed E-state index contributed by atoms with van der Waals surface area (Å²) in [5.74, 6) is 0.828. The molecular formula is C18H20ClNO2. The largest absolute Gasteiger partial charge is 0.494 e. The molecular weight excluding hydrogens is 298 g/mol. The first kappa shape index (κ1) is 16.4. The quantitative estimate of drug-likeness (QED) is 0.868. The minimum atomic E-state index is -0.0459. The maximum atomic E-state index is 12.1. The number of benzene rings is 2. The zero-order valence-electron chi connectivity index (χ0n) is 12.8. The van der Waals surface area contributed by atoms with E-state index in [0.29, 0.717) is 18.1 Å². The van der Waals surface area contributed by atoms with Crippen molar-refractivity contribution >= 4 is 17.5 Å². The van der Waals surface area contributed by atoms with Gasteiger partial charge >= 0.3 is 0 Å². The van der Waals surface area contributed by atoms with Crippen molar-refractivity contribution in [2.24, 2.45) is 0 Å². The highest BCUT2D eigenvalue weighted by atomic mass is 35.5. The van der Waals surface area contributed by atoms with E-state index < -0.39 is 0 Å². The molecule has 0 aromatic heterocycles. The Morgan fingerprint density at radius 3 is 2.36 bits per heavy atom. The molecule has 0 saturated carbocycles. The van der Waals surface area contributed by atoms with E-state index >= 15 is 0 Å². The molecule has 22 heavy (non-hydrogen) atoms. The minimum Gasteiger partial charge on any atom is -0.494 e. The first-order chi connectivity index (χ1) is 10.6. The lowest BCUT2D eigenvalue weighted by atomic mass is 10.1. The van der Waals surface area contributed by atoms with Gasteiger partial charge in [-0.15, -0.1) is 0 Å². The van der Waals surface area contributed by atoms with E-state index in [1.807, 2.05) is 50.2 Å². The summed E-state index contributed by atoms with van der Waals surface area (Å²) in [4.78, 5) is 12.1. The molecule has 0 unspecified atom stereocenters. The molecule has 3 nitrogen and oxygen atoms in total. The van der Waals surface area contributed by atoms with Crippen molar-refractivity contribution < 1.29 is 9.53 Å². The van der Waals surface area contributed by atoms with Crippen LogP contribution in [0.25, 0.3) is 0 Å². The van der Waals surface area contributed by atoms with Gasteiger partial charge in [-0.2, -0.15) is 0 Å². The van der Waals surface area contributed by atoms with Gasteiger partial charge in [0.05, 0.1) is 19.1 Å². The number of amides is 1. The van der Waals surface area contributed by atoms with Gasteiger partial charge in [0.15, 0.2) is 0 Å². The molecule has 2 aromatic rings. The summed E-state index contributed by atoms with van der Waals surface area (Å²) in [6.07, 6.45) is 0.346. The van der Waals surface area contributed by atoms with E-state index in [0.717, 1.165) is 16.9 Å². The molecule has 0 aliphatic carbocycles.